The Morgan fingerprint density at radius 1 is 1.09 bits per heavy atom. The molecule has 0 aromatic heterocycles. The van der Waals surface area contributed by atoms with Crippen molar-refractivity contribution in [2.24, 2.45) is 0 Å². The number of anilines is 3. The summed E-state index contributed by atoms with van der Waals surface area (Å²) in [6, 6.07) is 5.45. The fraction of sp³-hybridized carbons (Fsp3) is 0.571. The van der Waals surface area contributed by atoms with E-state index in [0.717, 1.165) is 11.4 Å². The van der Waals surface area contributed by atoms with Gasteiger partial charge in [0.25, 0.3) is 0 Å². The Kier molecular flexibility index (Phi) is 9.09. The lowest BCUT2D eigenvalue weighted by molar-refractivity contribution is -0.144. The van der Waals surface area contributed by atoms with E-state index in [1.54, 1.807) is 11.9 Å². The topological polar surface area (TPSA) is 160 Å². The fourth-order valence-electron chi connectivity index (χ4n) is 3.54. The zero-order valence-corrected chi connectivity index (χ0v) is 18.1. The molecule has 11 nitrogen and oxygen atoms in total. The first-order valence-corrected chi connectivity index (χ1v) is 10.5. The molecule has 0 amide bonds. The van der Waals surface area contributed by atoms with Crippen LogP contribution in [0, 0.1) is 0 Å². The van der Waals surface area contributed by atoms with Gasteiger partial charge in [-0.1, -0.05) is 0 Å². The van der Waals surface area contributed by atoms with Crippen molar-refractivity contribution in [3.05, 3.63) is 18.2 Å². The second kappa shape index (κ2) is 11.5. The third-order valence-corrected chi connectivity index (χ3v) is 5.28. The molecule has 5 N–H and O–H groups in total. The maximum Gasteiger partial charge on any atom is 0.305 e. The van der Waals surface area contributed by atoms with E-state index in [9.17, 15) is 24.6 Å². The van der Waals surface area contributed by atoms with Crippen molar-refractivity contribution < 1.29 is 39.5 Å². The summed E-state index contributed by atoms with van der Waals surface area (Å²) in [6.45, 7) is 0.586. The van der Waals surface area contributed by atoms with Gasteiger partial charge in [0.05, 0.1) is 24.5 Å². The molecule has 2 rings (SSSR count). The molecule has 0 radical (unpaired) electrons. The number of benzene rings is 1. The molecule has 1 aliphatic heterocycles. The first-order valence-electron chi connectivity index (χ1n) is 10.5. The highest BCUT2D eigenvalue weighted by molar-refractivity contribution is 5.80. The number of fused-ring (bicyclic) bond motifs is 1. The number of carboxylic acid groups (broad SMARTS) is 2. The van der Waals surface area contributed by atoms with Crippen LogP contribution in [0.4, 0.5) is 17.1 Å². The summed E-state index contributed by atoms with van der Waals surface area (Å²) in [5.41, 5.74) is 2.16. The maximum absolute atomic E-state index is 11.7. The van der Waals surface area contributed by atoms with E-state index < -0.39 is 23.8 Å². The van der Waals surface area contributed by atoms with Crippen LogP contribution in [0.2, 0.25) is 0 Å². The highest BCUT2D eigenvalue weighted by atomic mass is 16.5. The minimum atomic E-state index is -1.40. The third-order valence-electron chi connectivity index (χ3n) is 5.28. The van der Waals surface area contributed by atoms with Crippen molar-refractivity contribution in [3.63, 3.8) is 0 Å². The summed E-state index contributed by atoms with van der Waals surface area (Å²) in [6.07, 6.45) is 0.635. The fourth-order valence-corrected chi connectivity index (χ4v) is 3.54. The van der Waals surface area contributed by atoms with Crippen LogP contribution in [-0.4, -0.2) is 77.5 Å². The van der Waals surface area contributed by atoms with Gasteiger partial charge < -0.3 is 40.3 Å². The predicted octanol–water partition coefficient (Wildman–Crippen LogP) is 1.05. The minimum Gasteiger partial charge on any atom is -0.481 e. The number of esters is 1. The SMILES string of the molecule is CN1c2ccc(N(CCO)CCOC(=O)CCCC(=O)O)cc2NC1(O)CCCC(=O)O. The largest absolute Gasteiger partial charge is 0.481 e. The molecule has 0 saturated carbocycles. The molecule has 1 aliphatic rings. The molecule has 1 aromatic carbocycles. The van der Waals surface area contributed by atoms with Gasteiger partial charge in [-0.15, -0.1) is 0 Å². The van der Waals surface area contributed by atoms with Crippen molar-refractivity contribution in [2.45, 2.75) is 44.4 Å². The molecule has 0 aliphatic carbocycles. The van der Waals surface area contributed by atoms with E-state index >= 15 is 0 Å². The van der Waals surface area contributed by atoms with E-state index in [-0.39, 0.29) is 45.3 Å². The molecule has 1 heterocycles. The summed E-state index contributed by atoms with van der Waals surface area (Å²) >= 11 is 0. The second-order valence-corrected chi connectivity index (χ2v) is 7.63. The lowest BCUT2D eigenvalue weighted by Gasteiger charge is -2.32. The maximum atomic E-state index is 11.7. The molecule has 32 heavy (non-hydrogen) atoms. The normalized spacial score (nSPS) is 16.9. The number of carbonyl (C=O) groups is 3. The van der Waals surface area contributed by atoms with Gasteiger partial charge in [0, 0.05) is 45.0 Å². The van der Waals surface area contributed by atoms with Crippen molar-refractivity contribution in [3.8, 4) is 0 Å². The Morgan fingerprint density at radius 2 is 1.78 bits per heavy atom. The van der Waals surface area contributed by atoms with Gasteiger partial charge in [-0.3, -0.25) is 14.4 Å². The van der Waals surface area contributed by atoms with Gasteiger partial charge >= 0.3 is 17.9 Å². The number of nitrogens with zero attached hydrogens (tertiary/aromatic N) is 2. The van der Waals surface area contributed by atoms with E-state index in [1.165, 1.54) is 0 Å². The third kappa shape index (κ3) is 6.99. The molecule has 0 fully saturated rings. The monoisotopic (exact) mass is 453 g/mol. The smallest absolute Gasteiger partial charge is 0.305 e. The Bertz CT molecular complexity index is 818. The Morgan fingerprint density at radius 3 is 2.44 bits per heavy atom. The highest BCUT2D eigenvalue weighted by Crippen LogP contribution is 2.41. The van der Waals surface area contributed by atoms with Gasteiger partial charge in [-0.25, -0.2) is 0 Å². The number of ether oxygens (including phenoxy) is 1. The molecule has 1 atom stereocenters. The molecule has 0 spiro atoms. The van der Waals surface area contributed by atoms with Crippen LogP contribution in [0.5, 0.6) is 0 Å². The Balaban J connectivity index is 1.97. The molecular formula is C21H31N3O8. The number of aliphatic carboxylic acids is 2. The quantitative estimate of drug-likeness (QED) is 0.256. The van der Waals surface area contributed by atoms with Crippen molar-refractivity contribution >= 4 is 35.0 Å². The molecule has 178 valence electrons. The van der Waals surface area contributed by atoms with Crippen LogP contribution >= 0.6 is 0 Å². The number of carbonyl (C=O) groups excluding carboxylic acids is 1. The number of aliphatic hydroxyl groups excluding tert-OH is 1. The summed E-state index contributed by atoms with van der Waals surface area (Å²) in [4.78, 5) is 36.5. The van der Waals surface area contributed by atoms with Crippen molar-refractivity contribution in [1.29, 1.82) is 0 Å². The molecule has 0 saturated heterocycles. The van der Waals surface area contributed by atoms with E-state index in [4.69, 9.17) is 14.9 Å². The summed E-state index contributed by atoms with van der Waals surface area (Å²) in [5, 5.41) is 40.8. The van der Waals surface area contributed by atoms with Gasteiger partial charge in [-0.05, 0) is 31.0 Å². The molecule has 1 aromatic rings. The molecule has 11 heteroatoms. The predicted molar refractivity (Wildman–Crippen MR) is 117 cm³/mol. The number of hydrogen-bond acceptors (Lipinski definition) is 9. The molecule has 0 bridgehead atoms. The zero-order valence-electron chi connectivity index (χ0n) is 18.1. The number of hydrogen-bond donors (Lipinski definition) is 5. The average Bonchev–Trinajstić information content (AvgIpc) is 2.96. The number of nitrogens with one attached hydrogen (secondary N) is 1. The van der Waals surface area contributed by atoms with Crippen LogP contribution in [0.3, 0.4) is 0 Å². The van der Waals surface area contributed by atoms with Crippen molar-refractivity contribution in [1.82, 2.24) is 0 Å². The summed E-state index contributed by atoms with van der Waals surface area (Å²) < 4.78 is 5.16. The standard InChI is InChI=1S/C21H31N3O8/c1-23-17-8-7-15(14-16(17)22-21(23,31)9-3-5-19(28)29)24(10-12-25)11-13-32-20(30)6-2-4-18(26)27/h7-8,14,22,25,31H,2-6,9-13H2,1H3,(H,26,27)(H,28,29). The Hall–Kier alpha value is -3.05. The minimum absolute atomic E-state index is 0.0296. The van der Waals surface area contributed by atoms with Crippen LogP contribution < -0.4 is 15.1 Å². The first-order chi connectivity index (χ1) is 15.2. The van der Waals surface area contributed by atoms with Crippen LogP contribution in [-0.2, 0) is 19.1 Å². The van der Waals surface area contributed by atoms with E-state index in [1.807, 2.05) is 23.1 Å². The molecule has 1 unspecified atom stereocenters. The lowest BCUT2D eigenvalue weighted by Crippen LogP contribution is -2.48. The van der Waals surface area contributed by atoms with Gasteiger partial charge in [-0.2, -0.15) is 0 Å². The van der Waals surface area contributed by atoms with Crippen LogP contribution in [0.1, 0.15) is 38.5 Å². The van der Waals surface area contributed by atoms with Crippen LogP contribution in [0.15, 0.2) is 18.2 Å². The second-order valence-electron chi connectivity index (χ2n) is 7.63. The van der Waals surface area contributed by atoms with E-state index in [2.05, 4.69) is 5.32 Å². The van der Waals surface area contributed by atoms with Crippen LogP contribution in [0.25, 0.3) is 0 Å². The zero-order chi connectivity index (χ0) is 23.7. The first kappa shape index (κ1) is 25.2. The number of rotatable bonds is 14. The number of aliphatic hydroxyl groups is 2. The van der Waals surface area contributed by atoms with Gasteiger partial charge in [0.15, 0.2) is 0 Å². The van der Waals surface area contributed by atoms with Gasteiger partial charge in [0.1, 0.15) is 6.61 Å². The average molecular weight is 453 g/mol. The number of carboxylic acids is 2. The Labute approximate surface area is 186 Å². The van der Waals surface area contributed by atoms with Crippen molar-refractivity contribution in [2.75, 3.05) is 48.5 Å². The van der Waals surface area contributed by atoms with Gasteiger partial charge in [0.2, 0.25) is 5.85 Å². The highest BCUT2D eigenvalue weighted by Gasteiger charge is 2.39. The van der Waals surface area contributed by atoms with E-state index in [0.29, 0.717) is 25.2 Å². The molecular weight excluding hydrogens is 422 g/mol. The lowest BCUT2D eigenvalue weighted by atomic mass is 10.1. The summed E-state index contributed by atoms with van der Waals surface area (Å²) in [7, 11) is 1.72. The summed E-state index contributed by atoms with van der Waals surface area (Å²) in [5.74, 6) is -3.75.